The van der Waals surface area contributed by atoms with Crippen LogP contribution < -0.4 is 16.4 Å². The van der Waals surface area contributed by atoms with Gasteiger partial charge in [0.2, 0.25) is 0 Å². The molecule has 1 aromatic rings. The molecule has 0 fully saturated rings. The van der Waals surface area contributed by atoms with E-state index in [1.54, 1.807) is 14.0 Å². The second kappa shape index (κ2) is 3.34. The van der Waals surface area contributed by atoms with Gasteiger partial charge in [-0.25, -0.2) is 4.79 Å². The van der Waals surface area contributed by atoms with Crippen molar-refractivity contribution in [3.05, 3.63) is 5.69 Å². The zero-order valence-corrected chi connectivity index (χ0v) is 7.88. The topological polar surface area (TPSA) is 85.0 Å². The maximum atomic E-state index is 11.0. The molecule has 2 amide bonds. The number of nitrogen functional groups attached to an aromatic ring is 1. The van der Waals surface area contributed by atoms with Gasteiger partial charge >= 0.3 is 6.03 Å². The first-order valence-corrected chi connectivity index (χ1v) is 3.84. The predicted molar refractivity (Wildman–Crippen MR) is 50.4 cm³/mol. The zero-order valence-electron chi connectivity index (χ0n) is 7.88. The van der Waals surface area contributed by atoms with Crippen molar-refractivity contribution in [3.8, 4) is 0 Å². The Kier molecular flexibility index (Phi) is 2.41. The van der Waals surface area contributed by atoms with Crippen molar-refractivity contribution in [2.24, 2.45) is 7.05 Å². The summed E-state index contributed by atoms with van der Waals surface area (Å²) in [6, 6.07) is -0.310. The van der Waals surface area contributed by atoms with Crippen LogP contribution in [0, 0.1) is 6.92 Å². The molecule has 1 rings (SSSR count). The summed E-state index contributed by atoms with van der Waals surface area (Å²) >= 11 is 0. The van der Waals surface area contributed by atoms with Gasteiger partial charge in [0.15, 0.2) is 5.82 Å². The number of aromatic nitrogens is 2. The van der Waals surface area contributed by atoms with Gasteiger partial charge in [-0.05, 0) is 6.92 Å². The van der Waals surface area contributed by atoms with Crippen molar-refractivity contribution in [2.45, 2.75) is 6.92 Å². The average Bonchev–Trinajstić information content (AvgIpc) is 2.32. The van der Waals surface area contributed by atoms with Crippen molar-refractivity contribution in [1.82, 2.24) is 15.1 Å². The molecule has 0 aliphatic carbocycles. The van der Waals surface area contributed by atoms with Crippen LogP contribution in [0.25, 0.3) is 0 Å². The third-order valence-corrected chi connectivity index (χ3v) is 1.73. The molecule has 0 atom stereocenters. The van der Waals surface area contributed by atoms with Gasteiger partial charge in [-0.3, -0.25) is 10.00 Å². The summed E-state index contributed by atoms with van der Waals surface area (Å²) in [6.45, 7) is 1.78. The van der Waals surface area contributed by atoms with E-state index in [4.69, 9.17) is 5.73 Å². The van der Waals surface area contributed by atoms with Crippen molar-refractivity contribution in [2.75, 3.05) is 18.1 Å². The van der Waals surface area contributed by atoms with Gasteiger partial charge in [-0.15, -0.1) is 0 Å². The molecule has 13 heavy (non-hydrogen) atoms. The molecule has 6 nitrogen and oxygen atoms in total. The van der Waals surface area contributed by atoms with Crippen LogP contribution in [0.2, 0.25) is 0 Å². The Hall–Kier alpha value is -1.72. The molecule has 0 aliphatic rings. The molecule has 0 saturated heterocycles. The van der Waals surface area contributed by atoms with Crippen LogP contribution >= 0.6 is 0 Å². The second-order valence-corrected chi connectivity index (χ2v) is 2.68. The monoisotopic (exact) mass is 183 g/mol. The normalized spacial score (nSPS) is 9.77. The van der Waals surface area contributed by atoms with Gasteiger partial charge in [0, 0.05) is 14.1 Å². The van der Waals surface area contributed by atoms with E-state index in [9.17, 15) is 4.79 Å². The van der Waals surface area contributed by atoms with Crippen LogP contribution in [0.1, 0.15) is 5.69 Å². The minimum Gasteiger partial charge on any atom is -0.394 e. The third kappa shape index (κ3) is 1.71. The third-order valence-electron chi connectivity index (χ3n) is 1.73. The smallest absolute Gasteiger partial charge is 0.320 e. The van der Waals surface area contributed by atoms with Crippen LogP contribution in [0.15, 0.2) is 0 Å². The van der Waals surface area contributed by atoms with Crippen LogP contribution in [0.4, 0.5) is 16.3 Å². The van der Waals surface area contributed by atoms with Crippen LogP contribution in [-0.4, -0.2) is 22.9 Å². The van der Waals surface area contributed by atoms with Crippen LogP contribution in [0.3, 0.4) is 0 Å². The lowest BCUT2D eigenvalue weighted by Gasteiger charge is -2.04. The average molecular weight is 183 g/mol. The highest BCUT2D eigenvalue weighted by Gasteiger charge is 2.11. The van der Waals surface area contributed by atoms with Gasteiger partial charge in [0.1, 0.15) is 0 Å². The summed E-state index contributed by atoms with van der Waals surface area (Å²) in [5.41, 5.74) is 6.88. The van der Waals surface area contributed by atoms with Gasteiger partial charge in [0.25, 0.3) is 0 Å². The van der Waals surface area contributed by atoms with E-state index in [2.05, 4.69) is 15.7 Å². The van der Waals surface area contributed by atoms with E-state index in [0.29, 0.717) is 17.2 Å². The zero-order chi connectivity index (χ0) is 10.0. The number of amides is 2. The molecule has 0 unspecified atom stereocenters. The van der Waals surface area contributed by atoms with E-state index in [1.807, 2.05) is 0 Å². The van der Waals surface area contributed by atoms with Gasteiger partial charge in [-0.2, -0.15) is 5.10 Å². The Morgan fingerprint density at radius 2 is 2.23 bits per heavy atom. The number of rotatable bonds is 1. The van der Waals surface area contributed by atoms with E-state index in [1.165, 1.54) is 11.7 Å². The van der Waals surface area contributed by atoms with Crippen molar-refractivity contribution < 1.29 is 4.79 Å². The maximum absolute atomic E-state index is 11.0. The fourth-order valence-electron chi connectivity index (χ4n) is 0.993. The number of hydrogen-bond acceptors (Lipinski definition) is 3. The van der Waals surface area contributed by atoms with E-state index in [-0.39, 0.29) is 6.03 Å². The van der Waals surface area contributed by atoms with E-state index >= 15 is 0 Å². The second-order valence-electron chi connectivity index (χ2n) is 2.68. The highest BCUT2D eigenvalue weighted by Crippen LogP contribution is 2.20. The molecule has 1 heterocycles. The summed E-state index contributed by atoms with van der Waals surface area (Å²) in [4.78, 5) is 11.0. The standard InChI is InChI=1S/C7H13N5O/c1-4-5(8)6(12(3)11-4)10-7(13)9-2/h8H2,1-3H3,(H2,9,10,13). The number of carbonyl (C=O) groups excluding carboxylic acids is 1. The summed E-state index contributed by atoms with van der Waals surface area (Å²) in [5, 5.41) is 9.05. The van der Waals surface area contributed by atoms with Gasteiger partial charge < -0.3 is 11.1 Å². The molecule has 0 spiro atoms. The summed E-state index contributed by atoms with van der Waals surface area (Å²) < 4.78 is 1.53. The molecular formula is C7H13N5O. The molecular weight excluding hydrogens is 170 g/mol. The lowest BCUT2D eigenvalue weighted by atomic mass is 10.4. The molecule has 0 aliphatic heterocycles. The van der Waals surface area contributed by atoms with Crippen LogP contribution in [0.5, 0.6) is 0 Å². The summed E-state index contributed by atoms with van der Waals surface area (Å²) in [7, 11) is 3.25. The molecule has 4 N–H and O–H groups in total. The molecule has 0 saturated carbocycles. The van der Waals surface area contributed by atoms with Crippen molar-refractivity contribution in [1.29, 1.82) is 0 Å². The number of nitrogens with one attached hydrogen (secondary N) is 2. The fourth-order valence-corrected chi connectivity index (χ4v) is 0.993. The maximum Gasteiger partial charge on any atom is 0.320 e. The first kappa shape index (κ1) is 9.37. The first-order valence-electron chi connectivity index (χ1n) is 3.84. The quantitative estimate of drug-likeness (QED) is 0.575. The minimum atomic E-state index is -0.310. The number of anilines is 2. The molecule has 0 bridgehead atoms. The number of urea groups is 1. The Morgan fingerprint density at radius 1 is 1.62 bits per heavy atom. The number of nitrogens with zero attached hydrogens (tertiary/aromatic N) is 2. The largest absolute Gasteiger partial charge is 0.394 e. The number of aryl methyl sites for hydroxylation is 2. The van der Waals surface area contributed by atoms with E-state index < -0.39 is 0 Å². The van der Waals surface area contributed by atoms with Crippen molar-refractivity contribution >= 4 is 17.5 Å². The predicted octanol–water partition coefficient (Wildman–Crippen LogP) is 0.0620. The SMILES string of the molecule is CNC(=O)Nc1c(N)c(C)nn1C. The number of carbonyl (C=O) groups is 1. The molecule has 6 heteroatoms. The molecule has 72 valence electrons. The molecule has 0 aromatic carbocycles. The Morgan fingerprint density at radius 3 is 2.62 bits per heavy atom. The van der Waals surface area contributed by atoms with Crippen LogP contribution in [-0.2, 0) is 7.05 Å². The molecule has 0 radical (unpaired) electrons. The fraction of sp³-hybridized carbons (Fsp3) is 0.429. The summed E-state index contributed by atoms with van der Waals surface area (Å²) in [5.74, 6) is 0.511. The Labute approximate surface area is 76.1 Å². The lowest BCUT2D eigenvalue weighted by molar-refractivity contribution is 0.253. The number of hydrogen-bond donors (Lipinski definition) is 3. The highest BCUT2D eigenvalue weighted by atomic mass is 16.2. The minimum absolute atomic E-state index is 0.310. The highest BCUT2D eigenvalue weighted by molar-refractivity contribution is 5.91. The summed E-state index contributed by atoms with van der Waals surface area (Å²) in [6.07, 6.45) is 0. The van der Waals surface area contributed by atoms with E-state index in [0.717, 1.165) is 0 Å². The molecule has 1 aromatic heterocycles. The van der Waals surface area contributed by atoms with Gasteiger partial charge in [0.05, 0.1) is 11.4 Å². The Bertz CT molecular complexity index is 330. The first-order chi connectivity index (χ1) is 6.06. The Balaban J connectivity index is 2.94. The van der Waals surface area contributed by atoms with Gasteiger partial charge in [-0.1, -0.05) is 0 Å². The number of nitrogens with two attached hydrogens (primary N) is 1. The van der Waals surface area contributed by atoms with Crippen molar-refractivity contribution in [3.63, 3.8) is 0 Å². The lowest BCUT2D eigenvalue weighted by Crippen LogP contribution is -2.26.